The van der Waals surface area contributed by atoms with Gasteiger partial charge >= 0.3 is 0 Å². The second kappa shape index (κ2) is 8.46. The largest absolute Gasteiger partial charge is 0.387 e. The van der Waals surface area contributed by atoms with Gasteiger partial charge in [0.05, 0.1) is 6.10 Å². The fourth-order valence-electron chi connectivity index (χ4n) is 2.43. The monoisotopic (exact) mass is 312 g/mol. The Balaban J connectivity index is 1.74. The molecule has 0 heterocycles. The minimum atomic E-state index is -0.492. The smallest absolute Gasteiger partial charge is 0.248 e. The van der Waals surface area contributed by atoms with Gasteiger partial charge in [0.25, 0.3) is 0 Å². The van der Waals surface area contributed by atoms with E-state index in [-0.39, 0.29) is 0 Å². The van der Waals surface area contributed by atoms with Crippen molar-refractivity contribution in [1.82, 2.24) is 5.32 Å². The van der Waals surface area contributed by atoms with Crippen LogP contribution >= 0.6 is 0 Å². The van der Waals surface area contributed by atoms with Crippen molar-refractivity contribution < 1.29 is 9.90 Å². The van der Waals surface area contributed by atoms with Gasteiger partial charge in [0.1, 0.15) is 0 Å². The van der Waals surface area contributed by atoms with Gasteiger partial charge in [0, 0.05) is 18.2 Å². The molecule has 2 rings (SSSR count). The maximum atomic E-state index is 11.0. The summed E-state index contributed by atoms with van der Waals surface area (Å²) in [5.74, 6) is -0.401. The van der Waals surface area contributed by atoms with Gasteiger partial charge in [0.15, 0.2) is 0 Å². The van der Waals surface area contributed by atoms with Crippen molar-refractivity contribution in [2.24, 2.45) is 5.73 Å². The Labute approximate surface area is 137 Å². The summed E-state index contributed by atoms with van der Waals surface area (Å²) >= 11 is 0. The Hall–Kier alpha value is -2.17. The number of aliphatic hydroxyl groups is 1. The molecule has 2 atom stereocenters. The molecule has 4 nitrogen and oxygen atoms in total. The molecule has 122 valence electrons. The fraction of sp³-hybridized carbons (Fsp3) is 0.316. The Bertz CT molecular complexity index is 611. The number of carbonyl (C=O) groups is 1. The summed E-state index contributed by atoms with van der Waals surface area (Å²) in [4.78, 5) is 11.0. The quantitative estimate of drug-likeness (QED) is 0.701. The molecular weight excluding hydrogens is 288 g/mol. The number of benzene rings is 2. The summed E-state index contributed by atoms with van der Waals surface area (Å²) in [6.07, 6.45) is 1.38. The first-order valence-electron chi connectivity index (χ1n) is 7.91. The normalized spacial score (nSPS) is 13.5. The highest BCUT2D eigenvalue weighted by Crippen LogP contribution is 2.12. The molecular formula is C19H24N2O2. The number of hydrogen-bond acceptors (Lipinski definition) is 3. The molecule has 0 aliphatic rings. The third-order valence-corrected chi connectivity index (χ3v) is 3.95. The van der Waals surface area contributed by atoms with E-state index >= 15 is 0 Å². The predicted molar refractivity (Wildman–Crippen MR) is 92.1 cm³/mol. The molecule has 1 amide bonds. The van der Waals surface area contributed by atoms with Gasteiger partial charge in [-0.25, -0.2) is 0 Å². The van der Waals surface area contributed by atoms with Gasteiger partial charge in [0.2, 0.25) is 5.91 Å². The number of hydrogen-bond donors (Lipinski definition) is 3. The van der Waals surface area contributed by atoms with E-state index in [1.807, 2.05) is 42.5 Å². The minimum Gasteiger partial charge on any atom is -0.387 e. The van der Waals surface area contributed by atoms with Crippen LogP contribution < -0.4 is 11.1 Å². The van der Waals surface area contributed by atoms with Crippen LogP contribution in [0, 0.1) is 0 Å². The van der Waals surface area contributed by atoms with Crippen molar-refractivity contribution in [3.05, 3.63) is 71.3 Å². The van der Waals surface area contributed by atoms with Gasteiger partial charge in [-0.2, -0.15) is 0 Å². The molecule has 0 spiro atoms. The summed E-state index contributed by atoms with van der Waals surface area (Å²) in [6, 6.07) is 17.3. The molecule has 0 aliphatic heterocycles. The lowest BCUT2D eigenvalue weighted by molar-refractivity contribution is 0.100. The van der Waals surface area contributed by atoms with E-state index in [4.69, 9.17) is 5.73 Å². The Morgan fingerprint density at radius 3 is 2.39 bits per heavy atom. The number of amides is 1. The molecule has 1 unspecified atom stereocenters. The van der Waals surface area contributed by atoms with Crippen LogP contribution in [0.15, 0.2) is 54.6 Å². The molecule has 4 heteroatoms. The van der Waals surface area contributed by atoms with E-state index in [1.165, 1.54) is 5.56 Å². The van der Waals surface area contributed by atoms with E-state index in [2.05, 4.69) is 12.2 Å². The van der Waals surface area contributed by atoms with Crippen molar-refractivity contribution in [2.45, 2.75) is 31.9 Å². The molecule has 0 saturated heterocycles. The average molecular weight is 312 g/mol. The number of primary amides is 1. The number of rotatable bonds is 8. The van der Waals surface area contributed by atoms with Crippen LogP contribution in [-0.4, -0.2) is 23.6 Å². The first kappa shape index (κ1) is 17.2. The van der Waals surface area contributed by atoms with Crippen LogP contribution in [0.1, 0.15) is 40.9 Å². The van der Waals surface area contributed by atoms with Crippen molar-refractivity contribution in [3.63, 3.8) is 0 Å². The topological polar surface area (TPSA) is 75.4 Å². The van der Waals surface area contributed by atoms with Gasteiger partial charge < -0.3 is 16.2 Å². The van der Waals surface area contributed by atoms with E-state index in [1.54, 1.807) is 12.1 Å². The SMILES string of the molecule is C[C@@H](CCc1ccc(C(N)=O)cc1)NCC(O)c1ccccc1. The average Bonchev–Trinajstić information content (AvgIpc) is 2.59. The summed E-state index contributed by atoms with van der Waals surface area (Å²) < 4.78 is 0. The van der Waals surface area contributed by atoms with Crippen LogP contribution in [0.5, 0.6) is 0 Å². The van der Waals surface area contributed by atoms with Crippen molar-refractivity contribution in [1.29, 1.82) is 0 Å². The zero-order valence-corrected chi connectivity index (χ0v) is 13.4. The Morgan fingerprint density at radius 2 is 1.78 bits per heavy atom. The molecule has 0 radical (unpaired) electrons. The first-order chi connectivity index (χ1) is 11.1. The maximum absolute atomic E-state index is 11.0. The summed E-state index contributed by atoms with van der Waals surface area (Å²) in [5, 5.41) is 13.5. The van der Waals surface area contributed by atoms with Crippen molar-refractivity contribution >= 4 is 5.91 Å². The van der Waals surface area contributed by atoms with E-state index in [9.17, 15) is 9.90 Å². The first-order valence-corrected chi connectivity index (χ1v) is 7.91. The predicted octanol–water partition coefficient (Wildman–Crippen LogP) is 2.43. The Kier molecular flexibility index (Phi) is 6.32. The highest BCUT2D eigenvalue weighted by molar-refractivity contribution is 5.92. The van der Waals surface area contributed by atoms with Gasteiger partial charge in [-0.3, -0.25) is 4.79 Å². The zero-order chi connectivity index (χ0) is 16.7. The summed E-state index contributed by atoms with van der Waals surface area (Å²) in [7, 11) is 0. The number of nitrogens with one attached hydrogen (secondary N) is 1. The molecule has 0 bridgehead atoms. The molecule has 23 heavy (non-hydrogen) atoms. The van der Waals surface area contributed by atoms with E-state index in [0.717, 1.165) is 18.4 Å². The molecule has 4 N–H and O–H groups in total. The highest BCUT2D eigenvalue weighted by Gasteiger charge is 2.09. The zero-order valence-electron chi connectivity index (χ0n) is 13.4. The third kappa shape index (κ3) is 5.51. The van der Waals surface area contributed by atoms with Gasteiger partial charge in [-0.15, -0.1) is 0 Å². The van der Waals surface area contributed by atoms with Crippen LogP contribution in [0.25, 0.3) is 0 Å². The molecule has 0 saturated carbocycles. The summed E-state index contributed by atoms with van der Waals surface area (Å²) in [6.45, 7) is 2.64. The van der Waals surface area contributed by atoms with Crippen LogP contribution in [-0.2, 0) is 6.42 Å². The number of carbonyl (C=O) groups excluding carboxylic acids is 1. The van der Waals surface area contributed by atoms with Crippen molar-refractivity contribution in [3.8, 4) is 0 Å². The molecule has 0 aliphatic carbocycles. The van der Waals surface area contributed by atoms with E-state index in [0.29, 0.717) is 18.2 Å². The second-order valence-corrected chi connectivity index (χ2v) is 5.84. The Morgan fingerprint density at radius 1 is 1.13 bits per heavy atom. The molecule has 0 aromatic heterocycles. The third-order valence-electron chi connectivity index (χ3n) is 3.95. The second-order valence-electron chi connectivity index (χ2n) is 5.84. The van der Waals surface area contributed by atoms with Crippen LogP contribution in [0.2, 0.25) is 0 Å². The molecule has 0 fully saturated rings. The van der Waals surface area contributed by atoms with Gasteiger partial charge in [-0.05, 0) is 43.0 Å². The molecule has 2 aromatic carbocycles. The lowest BCUT2D eigenvalue weighted by Gasteiger charge is -2.17. The fourth-order valence-corrected chi connectivity index (χ4v) is 2.43. The van der Waals surface area contributed by atoms with Crippen molar-refractivity contribution in [2.75, 3.05) is 6.54 Å². The molecule has 2 aromatic rings. The standard InChI is InChI=1S/C19H24N2O2/c1-14(21-13-18(22)16-5-3-2-4-6-16)7-8-15-9-11-17(12-10-15)19(20)23/h2-6,9-12,14,18,21-22H,7-8,13H2,1H3,(H2,20,23)/t14-,18?/m0/s1. The highest BCUT2D eigenvalue weighted by atomic mass is 16.3. The summed E-state index contributed by atoms with van der Waals surface area (Å²) in [5.41, 5.74) is 7.86. The van der Waals surface area contributed by atoms with E-state index < -0.39 is 12.0 Å². The van der Waals surface area contributed by atoms with Crippen LogP contribution in [0.3, 0.4) is 0 Å². The number of nitrogens with two attached hydrogens (primary N) is 1. The lowest BCUT2D eigenvalue weighted by Crippen LogP contribution is -2.30. The van der Waals surface area contributed by atoms with Crippen LogP contribution in [0.4, 0.5) is 0 Å². The maximum Gasteiger partial charge on any atom is 0.248 e. The minimum absolute atomic E-state index is 0.296. The lowest BCUT2D eigenvalue weighted by atomic mass is 10.0. The number of aryl methyl sites for hydroxylation is 1. The number of aliphatic hydroxyl groups excluding tert-OH is 1. The van der Waals surface area contributed by atoms with Gasteiger partial charge in [-0.1, -0.05) is 42.5 Å².